The molecule has 3 rings (SSSR count). The molecule has 0 spiro atoms. The van der Waals surface area contributed by atoms with Gasteiger partial charge in [-0.3, -0.25) is 0 Å². The van der Waals surface area contributed by atoms with Crippen molar-refractivity contribution in [1.82, 2.24) is 0 Å². The van der Waals surface area contributed by atoms with Gasteiger partial charge in [0.2, 0.25) is 12.4 Å². The van der Waals surface area contributed by atoms with Crippen molar-refractivity contribution in [3.8, 4) is 5.75 Å². The molecule has 0 radical (unpaired) electrons. The first kappa shape index (κ1) is 18.6. The van der Waals surface area contributed by atoms with E-state index in [1.807, 2.05) is 60.7 Å². The molecular weight excluding hydrogens is 342 g/mol. The molecule has 1 unspecified atom stereocenters. The summed E-state index contributed by atoms with van der Waals surface area (Å²) in [4.78, 5) is 17.6. The zero-order valence-electron chi connectivity index (χ0n) is 15.2. The molecule has 1 aromatic heterocycles. The van der Waals surface area contributed by atoms with Crippen LogP contribution in [0.5, 0.6) is 5.75 Å². The van der Waals surface area contributed by atoms with E-state index in [-0.39, 0.29) is 0 Å². The van der Waals surface area contributed by atoms with Gasteiger partial charge in [-0.2, -0.15) is 4.84 Å². The number of pyridine rings is 1. The van der Waals surface area contributed by atoms with Crippen LogP contribution in [0, 0.1) is 0 Å². The van der Waals surface area contributed by atoms with Gasteiger partial charge in [-0.1, -0.05) is 48.5 Å². The van der Waals surface area contributed by atoms with Gasteiger partial charge in [-0.05, 0) is 23.3 Å². The van der Waals surface area contributed by atoms with Crippen LogP contribution in [0.15, 0.2) is 85.2 Å². The van der Waals surface area contributed by atoms with E-state index >= 15 is 0 Å². The lowest BCUT2D eigenvalue weighted by atomic mass is 10.1. The third-order valence-electron chi connectivity index (χ3n) is 4.02. The highest BCUT2D eigenvalue weighted by atomic mass is 16.7. The van der Waals surface area contributed by atoms with Gasteiger partial charge < -0.3 is 9.47 Å². The predicted octanol–water partition coefficient (Wildman–Crippen LogP) is 2.77. The predicted molar refractivity (Wildman–Crippen MR) is 99.9 cm³/mol. The van der Waals surface area contributed by atoms with Crippen LogP contribution in [0.2, 0.25) is 0 Å². The molecule has 0 amide bonds. The highest BCUT2D eigenvalue weighted by Crippen LogP contribution is 2.16. The minimum Gasteiger partial charge on any atom is -0.489 e. The van der Waals surface area contributed by atoms with Crippen LogP contribution >= 0.6 is 0 Å². The van der Waals surface area contributed by atoms with Crippen LogP contribution in [0.1, 0.15) is 11.1 Å². The number of aromatic nitrogens is 1. The molecule has 0 aliphatic rings. The SMILES string of the molecule is COC(Cc1ccc(OCc2ccccc2)cc1)C(=O)O[n+]1ccccc1. The van der Waals surface area contributed by atoms with Crippen molar-refractivity contribution in [3.05, 3.63) is 96.3 Å². The molecule has 0 N–H and O–H groups in total. The second-order valence-electron chi connectivity index (χ2n) is 5.99. The summed E-state index contributed by atoms with van der Waals surface area (Å²) in [6, 6.07) is 23.0. The lowest BCUT2D eigenvalue weighted by Crippen LogP contribution is -2.49. The van der Waals surface area contributed by atoms with Gasteiger partial charge in [0.25, 0.3) is 0 Å². The maximum Gasteiger partial charge on any atom is 0.409 e. The molecule has 0 bridgehead atoms. The van der Waals surface area contributed by atoms with Gasteiger partial charge >= 0.3 is 5.97 Å². The highest BCUT2D eigenvalue weighted by molar-refractivity contribution is 5.74. The third kappa shape index (κ3) is 5.66. The number of carbonyl (C=O) groups is 1. The molecule has 5 nitrogen and oxygen atoms in total. The molecule has 5 heteroatoms. The van der Waals surface area contributed by atoms with Crippen LogP contribution in [-0.2, 0) is 22.6 Å². The standard InChI is InChI=1S/C22H22NO4/c1-25-21(22(24)27-23-14-6-3-7-15-23)16-18-10-12-20(13-11-18)26-17-19-8-4-2-5-9-19/h2-15,21H,16-17H2,1H3/q+1. The van der Waals surface area contributed by atoms with Crippen LogP contribution in [0.3, 0.4) is 0 Å². The van der Waals surface area contributed by atoms with Crippen LogP contribution in [-0.4, -0.2) is 19.2 Å². The van der Waals surface area contributed by atoms with Crippen LogP contribution in [0.4, 0.5) is 0 Å². The van der Waals surface area contributed by atoms with Crippen molar-refractivity contribution < 1.29 is 23.8 Å². The molecule has 3 aromatic rings. The molecule has 0 aliphatic carbocycles. The van der Waals surface area contributed by atoms with Gasteiger partial charge in [0.05, 0.1) is 0 Å². The second kappa shape index (κ2) is 9.50. The summed E-state index contributed by atoms with van der Waals surface area (Å²) in [5, 5.41) is 0. The van der Waals surface area contributed by atoms with E-state index in [4.69, 9.17) is 14.3 Å². The fourth-order valence-corrected chi connectivity index (χ4v) is 2.55. The molecule has 2 aromatic carbocycles. The van der Waals surface area contributed by atoms with Crippen molar-refractivity contribution in [2.24, 2.45) is 0 Å². The number of hydrogen-bond acceptors (Lipinski definition) is 4. The largest absolute Gasteiger partial charge is 0.489 e. The van der Waals surface area contributed by atoms with Gasteiger partial charge in [-0.25, -0.2) is 4.79 Å². The lowest BCUT2D eigenvalue weighted by molar-refractivity contribution is -0.870. The van der Waals surface area contributed by atoms with Crippen molar-refractivity contribution >= 4 is 5.97 Å². The van der Waals surface area contributed by atoms with Gasteiger partial charge in [-0.15, -0.1) is 0 Å². The van der Waals surface area contributed by atoms with Crippen molar-refractivity contribution in [3.63, 3.8) is 0 Å². The van der Waals surface area contributed by atoms with Gasteiger partial charge in [0.15, 0.2) is 6.10 Å². The Morgan fingerprint density at radius 1 is 0.889 bits per heavy atom. The summed E-state index contributed by atoms with van der Waals surface area (Å²) < 4.78 is 12.4. The maximum absolute atomic E-state index is 12.3. The average Bonchev–Trinajstić information content (AvgIpc) is 2.73. The Labute approximate surface area is 158 Å². The summed E-state index contributed by atoms with van der Waals surface area (Å²) in [6.07, 6.45) is 3.04. The number of carbonyl (C=O) groups excluding carboxylic acids is 1. The monoisotopic (exact) mass is 364 g/mol. The zero-order valence-corrected chi connectivity index (χ0v) is 15.2. The number of hydrogen-bond donors (Lipinski definition) is 0. The van der Waals surface area contributed by atoms with Crippen LogP contribution < -0.4 is 14.3 Å². The molecular formula is C22H22NO4+. The van der Waals surface area contributed by atoms with E-state index in [1.54, 1.807) is 24.5 Å². The molecule has 0 saturated carbocycles. The van der Waals surface area contributed by atoms with Crippen LogP contribution in [0.25, 0.3) is 0 Å². The lowest BCUT2D eigenvalue weighted by Gasteiger charge is -2.12. The Hall–Kier alpha value is -3.18. The van der Waals surface area contributed by atoms with E-state index in [0.717, 1.165) is 16.9 Å². The van der Waals surface area contributed by atoms with E-state index in [0.29, 0.717) is 13.0 Å². The average molecular weight is 364 g/mol. The summed E-state index contributed by atoms with van der Waals surface area (Å²) in [7, 11) is 1.50. The third-order valence-corrected chi connectivity index (χ3v) is 4.02. The van der Waals surface area contributed by atoms with Gasteiger partial charge in [0, 0.05) is 30.4 Å². The van der Waals surface area contributed by atoms with Gasteiger partial charge in [0.1, 0.15) is 12.4 Å². The number of ether oxygens (including phenoxy) is 2. The first-order chi connectivity index (χ1) is 13.2. The number of methoxy groups -OCH3 is 1. The molecule has 1 heterocycles. The fourth-order valence-electron chi connectivity index (χ4n) is 2.55. The minimum absolute atomic E-state index is 0.418. The Morgan fingerprint density at radius 2 is 1.56 bits per heavy atom. The van der Waals surface area contributed by atoms with E-state index in [1.165, 1.54) is 11.8 Å². The summed E-state index contributed by atoms with van der Waals surface area (Å²) >= 11 is 0. The molecule has 138 valence electrons. The zero-order chi connectivity index (χ0) is 18.9. The Kier molecular flexibility index (Phi) is 6.55. The summed E-state index contributed by atoms with van der Waals surface area (Å²) in [5.74, 6) is 0.331. The Morgan fingerprint density at radius 3 is 2.22 bits per heavy atom. The topological polar surface area (TPSA) is 48.6 Å². The fraction of sp³-hybridized carbons (Fsp3) is 0.182. The normalized spacial score (nSPS) is 11.6. The van der Waals surface area contributed by atoms with Crippen molar-refractivity contribution in [1.29, 1.82) is 0 Å². The van der Waals surface area contributed by atoms with Crippen molar-refractivity contribution in [2.75, 3.05) is 7.11 Å². The smallest absolute Gasteiger partial charge is 0.409 e. The molecule has 1 atom stereocenters. The quantitative estimate of drug-likeness (QED) is 0.577. The first-order valence-corrected chi connectivity index (χ1v) is 8.71. The minimum atomic E-state index is -0.686. The first-order valence-electron chi connectivity index (χ1n) is 8.71. The molecule has 0 saturated heterocycles. The number of benzene rings is 2. The second-order valence-corrected chi connectivity index (χ2v) is 5.99. The summed E-state index contributed by atoms with van der Waals surface area (Å²) in [5.41, 5.74) is 2.08. The Bertz CT molecular complexity index is 835. The molecule has 27 heavy (non-hydrogen) atoms. The maximum atomic E-state index is 12.3. The summed E-state index contributed by atoms with van der Waals surface area (Å²) in [6.45, 7) is 0.515. The number of rotatable bonds is 8. The Balaban J connectivity index is 1.55. The number of nitrogens with zero attached hydrogens (tertiary/aromatic N) is 1. The molecule has 0 aliphatic heterocycles. The van der Waals surface area contributed by atoms with E-state index < -0.39 is 12.1 Å². The highest BCUT2D eigenvalue weighted by Gasteiger charge is 2.24. The van der Waals surface area contributed by atoms with Crippen molar-refractivity contribution in [2.45, 2.75) is 19.1 Å². The van der Waals surface area contributed by atoms with E-state index in [9.17, 15) is 4.79 Å². The van der Waals surface area contributed by atoms with E-state index in [2.05, 4.69) is 0 Å². The molecule has 0 fully saturated rings.